The highest BCUT2D eigenvalue weighted by Crippen LogP contribution is 2.38. The van der Waals surface area contributed by atoms with E-state index >= 15 is 0 Å². The summed E-state index contributed by atoms with van der Waals surface area (Å²) >= 11 is 9.36. The van der Waals surface area contributed by atoms with Crippen LogP contribution in [0.5, 0.6) is 0 Å². The fourth-order valence-electron chi connectivity index (χ4n) is 3.02. The SMILES string of the molecule is Cc1ccc2c(-c3ccc(Br)c(F)c3Cl)c(CC=O)n(C)c(=O)c2c1. The van der Waals surface area contributed by atoms with Crippen LogP contribution in [0.4, 0.5) is 4.39 Å². The van der Waals surface area contributed by atoms with Gasteiger partial charge in [0.05, 0.1) is 9.50 Å². The van der Waals surface area contributed by atoms with Crippen molar-refractivity contribution in [3.8, 4) is 11.1 Å². The zero-order valence-electron chi connectivity index (χ0n) is 13.6. The first kappa shape index (κ1) is 17.8. The van der Waals surface area contributed by atoms with Gasteiger partial charge < -0.3 is 9.36 Å². The maximum absolute atomic E-state index is 14.3. The van der Waals surface area contributed by atoms with Crippen LogP contribution in [0.2, 0.25) is 5.02 Å². The number of aryl methyl sites for hydroxylation is 1. The third-order valence-electron chi connectivity index (χ3n) is 4.25. The second-order valence-electron chi connectivity index (χ2n) is 5.83. The minimum atomic E-state index is -0.578. The summed E-state index contributed by atoms with van der Waals surface area (Å²) in [7, 11) is 1.61. The second-order valence-corrected chi connectivity index (χ2v) is 7.06. The van der Waals surface area contributed by atoms with Crippen molar-refractivity contribution in [2.24, 2.45) is 7.05 Å². The zero-order chi connectivity index (χ0) is 18.3. The molecule has 128 valence electrons. The average Bonchev–Trinajstić information content (AvgIpc) is 2.59. The van der Waals surface area contributed by atoms with Crippen molar-refractivity contribution >= 4 is 44.6 Å². The minimum absolute atomic E-state index is 0.0267. The van der Waals surface area contributed by atoms with Gasteiger partial charge in [0, 0.05) is 35.7 Å². The van der Waals surface area contributed by atoms with Gasteiger partial charge in [-0.2, -0.15) is 0 Å². The molecule has 0 aliphatic rings. The van der Waals surface area contributed by atoms with E-state index in [0.717, 1.165) is 11.8 Å². The van der Waals surface area contributed by atoms with Crippen LogP contribution in [0.1, 0.15) is 11.3 Å². The summed E-state index contributed by atoms with van der Waals surface area (Å²) in [6.07, 6.45) is 0.750. The van der Waals surface area contributed by atoms with Crippen LogP contribution in [0.25, 0.3) is 21.9 Å². The van der Waals surface area contributed by atoms with E-state index in [-0.39, 0.29) is 21.5 Å². The fraction of sp³-hybridized carbons (Fsp3) is 0.158. The average molecular weight is 423 g/mol. The Morgan fingerprint density at radius 2 is 1.96 bits per heavy atom. The molecule has 3 nitrogen and oxygen atoms in total. The van der Waals surface area contributed by atoms with Gasteiger partial charge in [0.25, 0.3) is 5.56 Å². The molecule has 2 aromatic carbocycles. The van der Waals surface area contributed by atoms with E-state index in [1.54, 1.807) is 25.2 Å². The minimum Gasteiger partial charge on any atom is -0.314 e. The largest absolute Gasteiger partial charge is 0.314 e. The van der Waals surface area contributed by atoms with Gasteiger partial charge in [0.15, 0.2) is 5.82 Å². The first-order valence-electron chi connectivity index (χ1n) is 7.56. The Labute approximate surface area is 157 Å². The van der Waals surface area contributed by atoms with Crippen LogP contribution in [0.3, 0.4) is 0 Å². The molecular weight excluding hydrogens is 409 g/mol. The molecule has 0 atom stereocenters. The molecule has 0 unspecified atom stereocenters. The van der Waals surface area contributed by atoms with E-state index in [1.807, 2.05) is 19.1 Å². The van der Waals surface area contributed by atoms with Gasteiger partial charge in [-0.25, -0.2) is 4.39 Å². The summed E-state index contributed by atoms with van der Waals surface area (Å²) in [5, 5.41) is 1.10. The number of aldehydes is 1. The Kier molecular flexibility index (Phi) is 4.80. The highest BCUT2D eigenvalue weighted by Gasteiger charge is 2.20. The van der Waals surface area contributed by atoms with Crippen molar-refractivity contribution in [3.05, 3.63) is 67.3 Å². The van der Waals surface area contributed by atoms with Gasteiger partial charge in [-0.1, -0.05) is 35.4 Å². The van der Waals surface area contributed by atoms with Crippen LogP contribution >= 0.6 is 27.5 Å². The quantitative estimate of drug-likeness (QED) is 0.449. The van der Waals surface area contributed by atoms with Crippen LogP contribution in [-0.2, 0) is 18.3 Å². The summed E-state index contributed by atoms with van der Waals surface area (Å²) in [4.78, 5) is 23.9. The van der Waals surface area contributed by atoms with Crippen LogP contribution in [-0.4, -0.2) is 10.9 Å². The predicted octanol–water partition coefficient (Wildman–Crippen LogP) is 4.81. The number of carbonyl (C=O) groups is 1. The van der Waals surface area contributed by atoms with Crippen molar-refractivity contribution < 1.29 is 9.18 Å². The zero-order valence-corrected chi connectivity index (χ0v) is 15.9. The first-order valence-corrected chi connectivity index (χ1v) is 8.73. The molecule has 0 spiro atoms. The van der Waals surface area contributed by atoms with E-state index in [0.29, 0.717) is 27.6 Å². The molecule has 25 heavy (non-hydrogen) atoms. The maximum Gasteiger partial charge on any atom is 0.258 e. The number of pyridine rings is 1. The number of carbonyl (C=O) groups excluding carboxylic acids is 1. The molecule has 0 aliphatic heterocycles. The Morgan fingerprint density at radius 3 is 2.64 bits per heavy atom. The molecule has 0 radical (unpaired) electrons. The highest BCUT2D eigenvalue weighted by molar-refractivity contribution is 9.10. The molecule has 0 N–H and O–H groups in total. The van der Waals surface area contributed by atoms with Gasteiger partial charge in [0.2, 0.25) is 0 Å². The molecule has 0 fully saturated rings. The molecule has 6 heteroatoms. The third-order valence-corrected chi connectivity index (χ3v) is 5.24. The Morgan fingerprint density at radius 1 is 1.24 bits per heavy atom. The number of rotatable bonds is 3. The van der Waals surface area contributed by atoms with Crippen LogP contribution in [0.15, 0.2) is 39.6 Å². The van der Waals surface area contributed by atoms with Crippen molar-refractivity contribution in [1.29, 1.82) is 0 Å². The molecule has 1 heterocycles. The van der Waals surface area contributed by atoms with E-state index in [4.69, 9.17) is 11.6 Å². The topological polar surface area (TPSA) is 39.1 Å². The number of hydrogen-bond acceptors (Lipinski definition) is 2. The lowest BCUT2D eigenvalue weighted by molar-refractivity contribution is -0.107. The number of benzene rings is 2. The van der Waals surface area contributed by atoms with Gasteiger partial charge in [0.1, 0.15) is 6.29 Å². The monoisotopic (exact) mass is 421 g/mol. The normalized spacial score (nSPS) is 11.1. The molecular formula is C19H14BrClFNO2. The lowest BCUT2D eigenvalue weighted by atomic mass is 9.94. The van der Waals surface area contributed by atoms with Crippen molar-refractivity contribution in [2.45, 2.75) is 13.3 Å². The first-order chi connectivity index (χ1) is 11.9. The fourth-order valence-corrected chi connectivity index (χ4v) is 3.72. The summed E-state index contributed by atoms with van der Waals surface area (Å²) in [5.41, 5.74) is 2.28. The molecule has 0 saturated heterocycles. The van der Waals surface area contributed by atoms with E-state index in [9.17, 15) is 14.0 Å². The summed E-state index contributed by atoms with van der Waals surface area (Å²) < 4.78 is 16.0. The summed E-state index contributed by atoms with van der Waals surface area (Å²) in [5.74, 6) is -0.578. The number of aromatic nitrogens is 1. The number of hydrogen-bond donors (Lipinski definition) is 0. The van der Waals surface area contributed by atoms with Crippen molar-refractivity contribution in [2.75, 3.05) is 0 Å². The molecule has 0 bridgehead atoms. The number of nitrogens with zero attached hydrogens (tertiary/aromatic N) is 1. The summed E-state index contributed by atoms with van der Waals surface area (Å²) in [6.45, 7) is 1.89. The van der Waals surface area contributed by atoms with Crippen LogP contribution < -0.4 is 5.56 Å². The third kappa shape index (κ3) is 2.92. The highest BCUT2D eigenvalue weighted by atomic mass is 79.9. The molecule has 3 rings (SSSR count). The smallest absolute Gasteiger partial charge is 0.258 e. The molecule has 3 aromatic rings. The summed E-state index contributed by atoms with van der Waals surface area (Å²) in [6, 6.07) is 8.72. The molecule has 1 aromatic heterocycles. The number of halogens is 3. The molecule has 0 amide bonds. The van der Waals surface area contributed by atoms with E-state index < -0.39 is 5.82 Å². The van der Waals surface area contributed by atoms with E-state index in [2.05, 4.69) is 15.9 Å². The van der Waals surface area contributed by atoms with Gasteiger partial charge in [-0.3, -0.25) is 4.79 Å². The lowest BCUT2D eigenvalue weighted by Gasteiger charge is -2.18. The standard InChI is InChI=1S/C19H14BrClFNO2/c1-10-3-4-11-13(9-10)19(25)23(2)15(7-8-24)16(11)12-5-6-14(20)18(22)17(12)21/h3-6,8-9H,7H2,1-2H3. The second kappa shape index (κ2) is 6.73. The maximum atomic E-state index is 14.3. The van der Waals surface area contributed by atoms with Crippen molar-refractivity contribution in [3.63, 3.8) is 0 Å². The predicted molar refractivity (Wildman–Crippen MR) is 102 cm³/mol. The Balaban J connectivity index is 2.55. The van der Waals surface area contributed by atoms with Crippen molar-refractivity contribution in [1.82, 2.24) is 4.57 Å². The van der Waals surface area contributed by atoms with Gasteiger partial charge >= 0.3 is 0 Å². The van der Waals surface area contributed by atoms with Gasteiger partial charge in [-0.15, -0.1) is 0 Å². The van der Waals surface area contributed by atoms with Gasteiger partial charge in [-0.05, 0) is 40.4 Å². The molecule has 0 saturated carbocycles. The Bertz CT molecular complexity index is 1080. The number of fused-ring (bicyclic) bond motifs is 1. The van der Waals surface area contributed by atoms with E-state index in [1.165, 1.54) is 4.57 Å². The Hall–Kier alpha value is -1.98. The molecule has 0 aliphatic carbocycles. The van der Waals surface area contributed by atoms with Crippen LogP contribution in [0, 0.1) is 12.7 Å². The lowest BCUT2D eigenvalue weighted by Crippen LogP contribution is -2.22.